The largest absolute Gasteiger partial charge is 0.462 e. The maximum atomic E-state index is 13.1. The van der Waals surface area contributed by atoms with Gasteiger partial charge in [0.25, 0.3) is 0 Å². The maximum Gasteiger partial charge on any atom is 0.306 e. The molecule has 0 aromatic heterocycles. The predicted octanol–water partition coefficient (Wildman–Crippen LogP) is 14.0. The molecule has 55 heavy (non-hydrogen) atoms. The molecule has 6 nitrogen and oxygen atoms in total. The molecular weight excluding hydrogens is 683 g/mol. The number of aliphatic hydroxyl groups excluding tert-OH is 2. The molecule has 0 saturated heterocycles. The Labute approximate surface area is 341 Å². The van der Waals surface area contributed by atoms with Crippen LogP contribution in [0.15, 0.2) is 24.3 Å². The van der Waals surface area contributed by atoms with Crippen molar-refractivity contribution in [2.75, 3.05) is 6.61 Å². The van der Waals surface area contributed by atoms with Gasteiger partial charge in [-0.1, -0.05) is 193 Å². The third kappa shape index (κ3) is 39.0. The minimum atomic E-state index is -0.787. The minimum Gasteiger partial charge on any atom is -0.462 e. The molecule has 6 heteroatoms. The summed E-state index contributed by atoms with van der Waals surface area (Å²) in [4.78, 5) is 26.0. The number of rotatable bonds is 43. The second-order valence-corrected chi connectivity index (χ2v) is 16.5. The fourth-order valence-electron chi connectivity index (χ4n) is 7.31. The van der Waals surface area contributed by atoms with E-state index in [0.29, 0.717) is 19.3 Å². The van der Waals surface area contributed by atoms with Gasteiger partial charge < -0.3 is 20.3 Å². The number of hydrogen-bond donors (Lipinski definition) is 3. The Hall–Kier alpha value is -1.66. The summed E-state index contributed by atoms with van der Waals surface area (Å²) in [5, 5.41) is 23.6. The fraction of sp³-hybridized carbons (Fsp3) is 0.878. The highest BCUT2D eigenvalue weighted by atomic mass is 16.5. The number of amides is 1. The summed E-state index contributed by atoms with van der Waals surface area (Å²) in [5.41, 5.74) is 0. The molecule has 0 rings (SSSR count). The topological polar surface area (TPSA) is 95.9 Å². The summed E-state index contributed by atoms with van der Waals surface area (Å²) in [6.07, 6.45) is 48.1. The van der Waals surface area contributed by atoms with Crippen molar-refractivity contribution in [3.63, 3.8) is 0 Å². The van der Waals surface area contributed by atoms with Gasteiger partial charge in [-0.05, 0) is 70.6 Å². The van der Waals surface area contributed by atoms with Crippen LogP contribution in [0, 0.1) is 0 Å². The molecule has 0 aliphatic rings. The zero-order valence-electron chi connectivity index (χ0n) is 36.8. The summed E-state index contributed by atoms with van der Waals surface area (Å²) in [6.45, 7) is 6.41. The number of ether oxygens (including phenoxy) is 1. The number of esters is 1. The zero-order chi connectivity index (χ0) is 40.3. The van der Waals surface area contributed by atoms with Gasteiger partial charge in [0.15, 0.2) is 0 Å². The molecule has 324 valence electrons. The first-order valence-electron chi connectivity index (χ1n) is 24.1. The van der Waals surface area contributed by atoms with E-state index in [9.17, 15) is 19.8 Å². The Morgan fingerprint density at radius 2 is 0.909 bits per heavy atom. The smallest absolute Gasteiger partial charge is 0.306 e. The van der Waals surface area contributed by atoms with Gasteiger partial charge in [-0.15, -0.1) is 0 Å². The van der Waals surface area contributed by atoms with Crippen molar-refractivity contribution in [2.45, 2.75) is 270 Å². The molecule has 0 fully saturated rings. The second kappa shape index (κ2) is 43.5. The van der Waals surface area contributed by atoms with E-state index in [1.807, 2.05) is 0 Å². The lowest BCUT2D eigenvalue weighted by atomic mass is 10.0. The van der Waals surface area contributed by atoms with Crippen LogP contribution in [-0.4, -0.2) is 46.9 Å². The first kappa shape index (κ1) is 53.3. The SMILES string of the molecule is CCC/C=C\CCCCCCCC(=O)OC(CCCCC/C=C/CCCCCCCCCCC)CC(=O)NC(CO)C(O)CCCCCCCCCCCC. The lowest BCUT2D eigenvalue weighted by molar-refractivity contribution is -0.151. The highest BCUT2D eigenvalue weighted by Crippen LogP contribution is 2.17. The van der Waals surface area contributed by atoms with Crippen molar-refractivity contribution in [3.05, 3.63) is 24.3 Å². The highest BCUT2D eigenvalue weighted by molar-refractivity contribution is 5.77. The summed E-state index contributed by atoms with van der Waals surface area (Å²) < 4.78 is 5.89. The Bertz CT molecular complexity index is 873. The zero-order valence-corrected chi connectivity index (χ0v) is 36.8. The molecule has 1 amide bonds. The Balaban J connectivity index is 4.59. The van der Waals surface area contributed by atoms with E-state index < -0.39 is 18.2 Å². The molecule has 0 bridgehead atoms. The van der Waals surface area contributed by atoms with Crippen LogP contribution in [0.2, 0.25) is 0 Å². The van der Waals surface area contributed by atoms with Gasteiger partial charge in [-0.2, -0.15) is 0 Å². The van der Waals surface area contributed by atoms with Gasteiger partial charge in [0.1, 0.15) is 6.10 Å². The molecule has 0 aromatic carbocycles. The fourth-order valence-corrected chi connectivity index (χ4v) is 7.31. The number of nitrogens with one attached hydrogen (secondary N) is 1. The summed E-state index contributed by atoms with van der Waals surface area (Å²) in [5.74, 6) is -0.495. The number of allylic oxidation sites excluding steroid dienone is 4. The number of unbranched alkanes of at least 4 members (excludes halogenated alkanes) is 27. The van der Waals surface area contributed by atoms with Crippen LogP contribution in [0.3, 0.4) is 0 Å². The number of hydrogen-bond acceptors (Lipinski definition) is 5. The number of carbonyl (C=O) groups excluding carboxylic acids is 2. The van der Waals surface area contributed by atoms with Crippen molar-refractivity contribution >= 4 is 11.9 Å². The Kier molecular flexibility index (Phi) is 42.2. The average molecular weight is 776 g/mol. The van der Waals surface area contributed by atoms with E-state index in [0.717, 1.165) is 77.0 Å². The van der Waals surface area contributed by atoms with Crippen molar-refractivity contribution in [2.24, 2.45) is 0 Å². The van der Waals surface area contributed by atoms with E-state index in [2.05, 4.69) is 50.4 Å². The third-order valence-corrected chi connectivity index (χ3v) is 11.0. The summed E-state index contributed by atoms with van der Waals surface area (Å²) in [6, 6.07) is -0.702. The minimum absolute atomic E-state index is 0.0669. The van der Waals surface area contributed by atoms with Crippen molar-refractivity contribution in [3.8, 4) is 0 Å². The van der Waals surface area contributed by atoms with Crippen LogP contribution in [0.25, 0.3) is 0 Å². The molecule has 0 aliphatic heterocycles. The summed E-state index contributed by atoms with van der Waals surface area (Å²) >= 11 is 0. The highest BCUT2D eigenvalue weighted by Gasteiger charge is 2.24. The van der Waals surface area contributed by atoms with E-state index >= 15 is 0 Å². The molecule has 3 unspecified atom stereocenters. The van der Waals surface area contributed by atoms with E-state index in [1.54, 1.807) is 0 Å². The van der Waals surface area contributed by atoms with Crippen LogP contribution >= 0.6 is 0 Å². The van der Waals surface area contributed by atoms with Crippen LogP contribution < -0.4 is 5.32 Å². The van der Waals surface area contributed by atoms with Crippen molar-refractivity contribution in [1.29, 1.82) is 0 Å². The van der Waals surface area contributed by atoms with Crippen LogP contribution in [-0.2, 0) is 14.3 Å². The number of carbonyl (C=O) groups is 2. The predicted molar refractivity (Wildman–Crippen MR) is 236 cm³/mol. The monoisotopic (exact) mass is 776 g/mol. The molecule has 3 atom stereocenters. The normalized spacial score (nSPS) is 13.5. The third-order valence-electron chi connectivity index (χ3n) is 11.0. The molecule has 0 heterocycles. The second-order valence-electron chi connectivity index (χ2n) is 16.5. The van der Waals surface area contributed by atoms with E-state index in [4.69, 9.17) is 4.74 Å². The van der Waals surface area contributed by atoms with Crippen LogP contribution in [0.1, 0.15) is 252 Å². The quantitative estimate of drug-likeness (QED) is 0.0326. The molecule has 0 saturated carbocycles. The van der Waals surface area contributed by atoms with Gasteiger partial charge >= 0.3 is 5.97 Å². The molecule has 3 N–H and O–H groups in total. The van der Waals surface area contributed by atoms with Crippen molar-refractivity contribution < 1.29 is 24.5 Å². The van der Waals surface area contributed by atoms with Crippen molar-refractivity contribution in [1.82, 2.24) is 5.32 Å². The average Bonchev–Trinajstić information content (AvgIpc) is 3.18. The lowest BCUT2D eigenvalue weighted by Crippen LogP contribution is -2.46. The Morgan fingerprint density at radius 1 is 0.509 bits per heavy atom. The van der Waals surface area contributed by atoms with Gasteiger partial charge in [-0.3, -0.25) is 9.59 Å². The van der Waals surface area contributed by atoms with Gasteiger partial charge in [0.05, 0.1) is 25.2 Å². The first-order chi connectivity index (χ1) is 27.0. The van der Waals surface area contributed by atoms with Crippen LogP contribution in [0.4, 0.5) is 0 Å². The van der Waals surface area contributed by atoms with Gasteiger partial charge in [0, 0.05) is 6.42 Å². The maximum absolute atomic E-state index is 13.1. The first-order valence-corrected chi connectivity index (χ1v) is 24.1. The molecule has 0 radical (unpaired) electrons. The summed E-state index contributed by atoms with van der Waals surface area (Å²) in [7, 11) is 0. The molecule has 0 aliphatic carbocycles. The lowest BCUT2D eigenvalue weighted by Gasteiger charge is -2.24. The standard InChI is InChI=1S/C49H93NO5/c1-4-7-10-13-16-19-22-23-24-25-26-27-28-31-34-37-40-45(55-49(54)42-39-36-33-30-21-18-15-12-9-6-3)43-48(53)50-46(44-51)47(52)41-38-35-32-29-20-17-14-11-8-5-2/h12,15,26-27,45-47,51-52H,4-11,13-14,16-25,28-44H2,1-3H3,(H,50,53)/b15-12-,27-26+. The van der Waals surface area contributed by atoms with Crippen LogP contribution in [0.5, 0.6) is 0 Å². The van der Waals surface area contributed by atoms with E-state index in [-0.39, 0.29) is 24.9 Å². The molecule has 0 aromatic rings. The van der Waals surface area contributed by atoms with Gasteiger partial charge in [0.2, 0.25) is 5.91 Å². The molecular formula is C49H93NO5. The van der Waals surface area contributed by atoms with Gasteiger partial charge in [-0.25, -0.2) is 0 Å². The molecule has 0 spiro atoms. The van der Waals surface area contributed by atoms with E-state index in [1.165, 1.54) is 128 Å². The Morgan fingerprint density at radius 3 is 1.38 bits per heavy atom. The number of aliphatic hydroxyl groups is 2.